The molecule has 1 saturated heterocycles. The van der Waals surface area contributed by atoms with Gasteiger partial charge in [-0.15, -0.1) is 11.3 Å². The molecule has 6 heteroatoms. The summed E-state index contributed by atoms with van der Waals surface area (Å²) < 4.78 is 0. The summed E-state index contributed by atoms with van der Waals surface area (Å²) in [5.41, 5.74) is 1.11. The lowest BCUT2D eigenvalue weighted by Gasteiger charge is -2.36. The third-order valence-electron chi connectivity index (χ3n) is 5.73. The van der Waals surface area contributed by atoms with Gasteiger partial charge in [0.05, 0.1) is 17.2 Å². The van der Waals surface area contributed by atoms with E-state index in [0.717, 1.165) is 30.5 Å². The lowest BCUT2D eigenvalue weighted by atomic mass is 9.88. The molecule has 1 aromatic rings. The zero-order valence-corrected chi connectivity index (χ0v) is 17.3. The van der Waals surface area contributed by atoms with Gasteiger partial charge in [-0.1, -0.05) is 26.2 Å². The van der Waals surface area contributed by atoms with E-state index < -0.39 is 0 Å². The normalized spacial score (nSPS) is 21.1. The second-order valence-electron chi connectivity index (χ2n) is 7.74. The van der Waals surface area contributed by atoms with E-state index in [1.54, 1.807) is 11.3 Å². The smallest absolute Gasteiger partial charge is 0.191 e. The highest BCUT2D eigenvalue weighted by Gasteiger charge is 2.23. The summed E-state index contributed by atoms with van der Waals surface area (Å²) in [7, 11) is 1.85. The minimum absolute atomic E-state index is 0.533. The SMILES string of the molecule is CCc1nc(CNC(=NC)NC2CCN(CC3CCCCC3)CC2)cs1. The summed E-state index contributed by atoms with van der Waals surface area (Å²) >= 11 is 1.74. The number of guanidine groups is 1. The van der Waals surface area contributed by atoms with Crippen LogP contribution in [-0.2, 0) is 13.0 Å². The summed E-state index contributed by atoms with van der Waals surface area (Å²) in [4.78, 5) is 11.7. The third kappa shape index (κ3) is 5.95. The lowest BCUT2D eigenvalue weighted by Crippen LogP contribution is -2.49. The van der Waals surface area contributed by atoms with Gasteiger partial charge in [0, 0.05) is 38.1 Å². The Bertz CT molecular complexity index is 556. The van der Waals surface area contributed by atoms with Crippen LogP contribution in [0.15, 0.2) is 10.4 Å². The largest absolute Gasteiger partial charge is 0.354 e. The molecule has 2 aliphatic rings. The van der Waals surface area contributed by atoms with Crippen LogP contribution in [0.5, 0.6) is 0 Å². The minimum atomic E-state index is 0.533. The number of aromatic nitrogens is 1. The average molecular weight is 378 g/mol. The van der Waals surface area contributed by atoms with Gasteiger partial charge in [0.25, 0.3) is 0 Å². The van der Waals surface area contributed by atoms with Crippen LogP contribution >= 0.6 is 11.3 Å². The summed E-state index contributed by atoms with van der Waals surface area (Å²) in [6.45, 7) is 6.66. The molecule has 0 bridgehead atoms. The Morgan fingerprint density at radius 3 is 2.65 bits per heavy atom. The number of hydrogen-bond donors (Lipinski definition) is 2. The van der Waals surface area contributed by atoms with Crippen molar-refractivity contribution in [3.05, 3.63) is 16.1 Å². The molecule has 1 aliphatic carbocycles. The Kier molecular flexibility index (Phi) is 7.74. The molecule has 1 aromatic heterocycles. The van der Waals surface area contributed by atoms with E-state index in [2.05, 4.69) is 37.8 Å². The molecule has 1 saturated carbocycles. The van der Waals surface area contributed by atoms with Crippen LogP contribution in [0.1, 0.15) is 62.6 Å². The van der Waals surface area contributed by atoms with Gasteiger partial charge in [0.15, 0.2) is 5.96 Å². The molecule has 0 aromatic carbocycles. The van der Waals surface area contributed by atoms with E-state index in [0.29, 0.717) is 6.04 Å². The van der Waals surface area contributed by atoms with Crippen molar-refractivity contribution in [3.63, 3.8) is 0 Å². The van der Waals surface area contributed by atoms with Gasteiger partial charge in [-0.05, 0) is 38.0 Å². The average Bonchev–Trinajstić information content (AvgIpc) is 3.15. The van der Waals surface area contributed by atoms with E-state index in [1.165, 1.54) is 69.6 Å². The molecule has 1 aliphatic heterocycles. The van der Waals surface area contributed by atoms with E-state index >= 15 is 0 Å². The van der Waals surface area contributed by atoms with E-state index in [-0.39, 0.29) is 0 Å². The highest BCUT2D eigenvalue weighted by Crippen LogP contribution is 2.25. The first-order valence-electron chi connectivity index (χ1n) is 10.4. The molecule has 0 amide bonds. The molecule has 0 unspecified atom stereocenters. The van der Waals surface area contributed by atoms with Gasteiger partial charge in [0.2, 0.25) is 0 Å². The summed E-state index contributed by atoms with van der Waals surface area (Å²) in [5.74, 6) is 1.86. The van der Waals surface area contributed by atoms with Crippen LogP contribution in [0.4, 0.5) is 0 Å². The maximum absolute atomic E-state index is 4.61. The number of likely N-dealkylation sites (tertiary alicyclic amines) is 1. The van der Waals surface area contributed by atoms with E-state index in [1.807, 2.05) is 7.05 Å². The second-order valence-corrected chi connectivity index (χ2v) is 8.68. The standard InChI is InChI=1S/C20H35N5S/c1-3-19-23-18(15-26-19)13-22-20(21-2)24-17-9-11-25(12-10-17)14-16-7-5-4-6-8-16/h15-17H,3-14H2,1-2H3,(H2,21,22,24). The summed E-state index contributed by atoms with van der Waals surface area (Å²) in [5, 5.41) is 10.4. The predicted molar refractivity (Wildman–Crippen MR) is 111 cm³/mol. The first-order chi connectivity index (χ1) is 12.8. The van der Waals surface area contributed by atoms with Crippen molar-refractivity contribution in [1.29, 1.82) is 0 Å². The van der Waals surface area contributed by atoms with Crippen molar-refractivity contribution < 1.29 is 0 Å². The highest BCUT2D eigenvalue weighted by molar-refractivity contribution is 7.09. The predicted octanol–water partition coefficient (Wildman–Crippen LogP) is 3.42. The third-order valence-corrected chi connectivity index (χ3v) is 6.77. The quantitative estimate of drug-likeness (QED) is 0.589. The van der Waals surface area contributed by atoms with Crippen molar-refractivity contribution in [2.75, 3.05) is 26.7 Å². The molecule has 3 rings (SSSR count). The maximum Gasteiger partial charge on any atom is 0.191 e. The Labute approximate surface area is 162 Å². The molecular weight excluding hydrogens is 342 g/mol. The number of piperidine rings is 1. The van der Waals surface area contributed by atoms with Crippen LogP contribution in [-0.4, -0.2) is 48.6 Å². The lowest BCUT2D eigenvalue weighted by molar-refractivity contribution is 0.160. The van der Waals surface area contributed by atoms with Crippen LogP contribution in [0, 0.1) is 5.92 Å². The molecule has 2 fully saturated rings. The second kappa shape index (κ2) is 10.3. The van der Waals surface area contributed by atoms with Gasteiger partial charge in [-0.2, -0.15) is 0 Å². The molecule has 146 valence electrons. The number of nitrogens with zero attached hydrogens (tertiary/aromatic N) is 3. The number of rotatable bonds is 6. The topological polar surface area (TPSA) is 52.6 Å². The number of aliphatic imine (C=N–C) groups is 1. The van der Waals surface area contributed by atoms with Crippen molar-refractivity contribution in [2.45, 2.75) is 70.9 Å². The monoisotopic (exact) mass is 377 g/mol. The Morgan fingerprint density at radius 1 is 1.23 bits per heavy atom. The van der Waals surface area contributed by atoms with Crippen LogP contribution in [0.25, 0.3) is 0 Å². The molecular formula is C20H35N5S. The zero-order valence-electron chi connectivity index (χ0n) is 16.5. The number of aryl methyl sites for hydroxylation is 1. The fraction of sp³-hybridized carbons (Fsp3) is 0.800. The summed E-state index contributed by atoms with van der Waals surface area (Å²) in [6, 6.07) is 0.533. The molecule has 0 atom stereocenters. The Hall–Kier alpha value is -1.14. The number of nitrogens with one attached hydrogen (secondary N) is 2. The van der Waals surface area contributed by atoms with Crippen molar-refractivity contribution in [3.8, 4) is 0 Å². The van der Waals surface area contributed by atoms with E-state index in [9.17, 15) is 0 Å². The molecule has 0 spiro atoms. The molecule has 0 radical (unpaired) electrons. The zero-order chi connectivity index (χ0) is 18.2. The van der Waals surface area contributed by atoms with Gasteiger partial charge >= 0.3 is 0 Å². The van der Waals surface area contributed by atoms with Crippen molar-refractivity contribution in [2.24, 2.45) is 10.9 Å². The van der Waals surface area contributed by atoms with Gasteiger partial charge in [-0.3, -0.25) is 4.99 Å². The fourth-order valence-electron chi connectivity index (χ4n) is 4.15. The van der Waals surface area contributed by atoms with E-state index in [4.69, 9.17) is 0 Å². The van der Waals surface area contributed by atoms with Crippen LogP contribution in [0.2, 0.25) is 0 Å². The minimum Gasteiger partial charge on any atom is -0.354 e. The molecule has 2 heterocycles. The van der Waals surface area contributed by atoms with Crippen LogP contribution in [0.3, 0.4) is 0 Å². The number of thiazole rings is 1. The molecule has 26 heavy (non-hydrogen) atoms. The Balaban J connectivity index is 1.36. The molecule has 5 nitrogen and oxygen atoms in total. The highest BCUT2D eigenvalue weighted by atomic mass is 32.1. The molecule has 2 N–H and O–H groups in total. The van der Waals surface area contributed by atoms with Gasteiger partial charge in [-0.25, -0.2) is 4.98 Å². The first kappa shape index (κ1) is 19.6. The van der Waals surface area contributed by atoms with Crippen molar-refractivity contribution >= 4 is 17.3 Å². The van der Waals surface area contributed by atoms with Gasteiger partial charge in [0.1, 0.15) is 0 Å². The van der Waals surface area contributed by atoms with Crippen molar-refractivity contribution in [1.82, 2.24) is 20.5 Å². The number of hydrogen-bond acceptors (Lipinski definition) is 4. The Morgan fingerprint density at radius 2 is 2.00 bits per heavy atom. The maximum atomic E-state index is 4.61. The van der Waals surface area contributed by atoms with Crippen LogP contribution < -0.4 is 10.6 Å². The van der Waals surface area contributed by atoms with Gasteiger partial charge < -0.3 is 15.5 Å². The summed E-state index contributed by atoms with van der Waals surface area (Å²) in [6.07, 6.45) is 10.7. The first-order valence-corrected chi connectivity index (χ1v) is 11.3. The fourth-order valence-corrected chi connectivity index (χ4v) is 4.89.